The van der Waals surface area contributed by atoms with Gasteiger partial charge in [0, 0.05) is 10.2 Å². The lowest BCUT2D eigenvalue weighted by atomic mass is 10.0. The monoisotopic (exact) mass is 324 g/mol. The number of methoxy groups -OCH3 is 1. The summed E-state index contributed by atoms with van der Waals surface area (Å²) in [5.74, 6) is 0.0821. The van der Waals surface area contributed by atoms with Crippen molar-refractivity contribution in [3.05, 3.63) is 28.2 Å². The van der Waals surface area contributed by atoms with Crippen molar-refractivity contribution in [2.24, 2.45) is 5.92 Å². The minimum atomic E-state index is -0.394. The minimum Gasteiger partial charge on any atom is -0.467 e. The molecule has 4 nitrogen and oxygen atoms in total. The molecule has 102 valence electrons. The van der Waals surface area contributed by atoms with Crippen LogP contribution in [-0.4, -0.2) is 19.1 Å². The molecule has 1 unspecified atom stereocenters. The van der Waals surface area contributed by atoms with Crippen LogP contribution in [0.25, 0.3) is 0 Å². The molecule has 0 aliphatic carbocycles. The largest absolute Gasteiger partial charge is 0.467 e. The highest BCUT2D eigenvalue weighted by atomic mass is 79.9. The lowest BCUT2D eigenvalue weighted by Gasteiger charge is -2.20. The van der Waals surface area contributed by atoms with Gasteiger partial charge in [0.15, 0.2) is 0 Å². The highest BCUT2D eigenvalue weighted by Gasteiger charge is 2.21. The highest BCUT2D eigenvalue weighted by molar-refractivity contribution is 9.10. The van der Waals surface area contributed by atoms with Crippen molar-refractivity contribution in [2.75, 3.05) is 12.4 Å². The van der Waals surface area contributed by atoms with Gasteiger partial charge in [0.1, 0.15) is 6.04 Å². The molecule has 0 bridgehead atoms. The molecule has 19 heavy (non-hydrogen) atoms. The zero-order valence-electron chi connectivity index (χ0n) is 11.2. The molecule has 1 rings (SSSR count). The maximum atomic E-state index is 11.7. The number of hydrogen-bond donors (Lipinski definition) is 1. The third kappa shape index (κ3) is 4.56. The van der Waals surface area contributed by atoms with Crippen LogP contribution in [0.4, 0.5) is 5.69 Å². The number of halogens is 1. The van der Waals surface area contributed by atoms with E-state index in [9.17, 15) is 4.79 Å². The van der Waals surface area contributed by atoms with Crippen LogP contribution in [0, 0.1) is 17.2 Å². The molecule has 0 heterocycles. The second-order valence-electron chi connectivity index (χ2n) is 4.66. The number of rotatable bonds is 5. The van der Waals surface area contributed by atoms with Crippen molar-refractivity contribution in [3.8, 4) is 6.07 Å². The van der Waals surface area contributed by atoms with E-state index in [1.165, 1.54) is 7.11 Å². The summed E-state index contributed by atoms with van der Waals surface area (Å²) in [6.07, 6.45) is 0.680. The maximum Gasteiger partial charge on any atom is 0.328 e. The van der Waals surface area contributed by atoms with Crippen LogP contribution in [-0.2, 0) is 9.53 Å². The Morgan fingerprint density at radius 3 is 2.68 bits per heavy atom. The first-order valence-electron chi connectivity index (χ1n) is 6.02. The van der Waals surface area contributed by atoms with E-state index >= 15 is 0 Å². The second kappa shape index (κ2) is 7.15. The number of esters is 1. The van der Waals surface area contributed by atoms with E-state index in [4.69, 9.17) is 10.00 Å². The Labute approximate surface area is 121 Å². The summed E-state index contributed by atoms with van der Waals surface area (Å²) in [4.78, 5) is 11.7. The van der Waals surface area contributed by atoms with Gasteiger partial charge in [0.05, 0.1) is 18.7 Å². The predicted molar refractivity (Wildman–Crippen MR) is 77.7 cm³/mol. The molecule has 5 heteroatoms. The molecule has 0 fully saturated rings. The van der Waals surface area contributed by atoms with E-state index in [2.05, 4.69) is 27.3 Å². The van der Waals surface area contributed by atoms with Crippen LogP contribution in [0.15, 0.2) is 22.7 Å². The SMILES string of the molecule is COC(=O)C(CC(C)C)Nc1ccc(C#N)cc1Br. The Bertz CT molecular complexity index is 495. The molecular formula is C14H17BrN2O2. The number of benzene rings is 1. The predicted octanol–water partition coefficient (Wildman–Crippen LogP) is 3.32. The number of nitrogens with one attached hydrogen (secondary N) is 1. The van der Waals surface area contributed by atoms with E-state index < -0.39 is 6.04 Å². The fourth-order valence-electron chi connectivity index (χ4n) is 1.72. The van der Waals surface area contributed by atoms with Gasteiger partial charge in [-0.2, -0.15) is 5.26 Å². The first-order chi connectivity index (χ1) is 8.97. The van der Waals surface area contributed by atoms with Gasteiger partial charge in [-0.15, -0.1) is 0 Å². The van der Waals surface area contributed by atoms with Gasteiger partial charge in [-0.1, -0.05) is 13.8 Å². The van der Waals surface area contributed by atoms with Crippen molar-refractivity contribution >= 4 is 27.6 Å². The van der Waals surface area contributed by atoms with Crippen molar-refractivity contribution in [1.29, 1.82) is 5.26 Å². The zero-order chi connectivity index (χ0) is 14.4. The van der Waals surface area contributed by atoms with E-state index in [0.29, 0.717) is 17.9 Å². The molecule has 0 aliphatic heterocycles. The third-order valence-corrected chi connectivity index (χ3v) is 3.28. The summed E-state index contributed by atoms with van der Waals surface area (Å²) in [6.45, 7) is 4.09. The fraction of sp³-hybridized carbons (Fsp3) is 0.429. The van der Waals surface area contributed by atoms with Gasteiger partial charge in [0.25, 0.3) is 0 Å². The molecule has 0 radical (unpaired) electrons. The molecule has 1 aromatic rings. The molecule has 0 spiro atoms. The number of anilines is 1. The first kappa shape index (κ1) is 15.5. The maximum absolute atomic E-state index is 11.7. The molecule has 0 saturated heterocycles. The molecule has 1 atom stereocenters. The van der Waals surface area contributed by atoms with Gasteiger partial charge >= 0.3 is 5.97 Å². The van der Waals surface area contributed by atoms with Crippen molar-refractivity contribution < 1.29 is 9.53 Å². The van der Waals surface area contributed by atoms with Gasteiger partial charge < -0.3 is 10.1 Å². The number of ether oxygens (including phenoxy) is 1. The van der Waals surface area contributed by atoms with Gasteiger partial charge in [0.2, 0.25) is 0 Å². The van der Waals surface area contributed by atoms with E-state index in [1.54, 1.807) is 18.2 Å². The van der Waals surface area contributed by atoms with Crippen molar-refractivity contribution in [2.45, 2.75) is 26.3 Å². The molecule has 1 N–H and O–H groups in total. The number of carbonyl (C=O) groups is 1. The summed E-state index contributed by atoms with van der Waals surface area (Å²) in [6, 6.07) is 6.87. The Morgan fingerprint density at radius 1 is 1.53 bits per heavy atom. The Kier molecular flexibility index (Phi) is 5.84. The van der Waals surface area contributed by atoms with Crippen LogP contribution in [0.3, 0.4) is 0 Å². The average Bonchev–Trinajstić information content (AvgIpc) is 2.38. The molecule has 1 aromatic carbocycles. The first-order valence-corrected chi connectivity index (χ1v) is 6.81. The van der Waals surface area contributed by atoms with Crippen LogP contribution in [0.5, 0.6) is 0 Å². The summed E-state index contributed by atoms with van der Waals surface area (Å²) in [7, 11) is 1.38. The van der Waals surface area contributed by atoms with Crippen LogP contribution >= 0.6 is 15.9 Å². The molecule has 0 aliphatic rings. The highest BCUT2D eigenvalue weighted by Crippen LogP contribution is 2.25. The summed E-state index contributed by atoms with van der Waals surface area (Å²) < 4.78 is 5.56. The number of nitrogens with zero attached hydrogens (tertiary/aromatic N) is 1. The lowest BCUT2D eigenvalue weighted by molar-refractivity contribution is -0.141. The Balaban J connectivity index is 2.90. The van der Waals surface area contributed by atoms with Crippen LogP contribution < -0.4 is 5.32 Å². The molecule has 0 saturated carbocycles. The normalized spacial score (nSPS) is 11.8. The van der Waals surface area contributed by atoms with E-state index in [0.717, 1.165) is 10.2 Å². The fourth-order valence-corrected chi connectivity index (χ4v) is 2.21. The third-order valence-electron chi connectivity index (χ3n) is 2.62. The molecule has 0 amide bonds. The number of hydrogen-bond acceptors (Lipinski definition) is 4. The zero-order valence-corrected chi connectivity index (χ0v) is 12.8. The number of carbonyl (C=O) groups excluding carboxylic acids is 1. The number of nitriles is 1. The van der Waals surface area contributed by atoms with Crippen molar-refractivity contribution in [3.63, 3.8) is 0 Å². The summed E-state index contributed by atoms with van der Waals surface area (Å²) in [5.41, 5.74) is 1.34. The Hall–Kier alpha value is -1.54. The van der Waals surface area contributed by atoms with Gasteiger partial charge in [-0.3, -0.25) is 0 Å². The summed E-state index contributed by atoms with van der Waals surface area (Å²) >= 11 is 3.39. The quantitative estimate of drug-likeness (QED) is 0.844. The average molecular weight is 325 g/mol. The molecule has 0 aromatic heterocycles. The summed E-state index contributed by atoms with van der Waals surface area (Å²) in [5, 5.41) is 12.0. The topological polar surface area (TPSA) is 62.1 Å². The Morgan fingerprint density at radius 2 is 2.21 bits per heavy atom. The van der Waals surface area contributed by atoms with Crippen LogP contribution in [0.2, 0.25) is 0 Å². The van der Waals surface area contributed by atoms with Gasteiger partial charge in [-0.05, 0) is 46.5 Å². The van der Waals surface area contributed by atoms with Crippen molar-refractivity contribution in [1.82, 2.24) is 0 Å². The van der Waals surface area contributed by atoms with Gasteiger partial charge in [-0.25, -0.2) is 4.79 Å². The standard InChI is InChI=1S/C14H17BrN2O2/c1-9(2)6-13(14(18)19-3)17-12-5-4-10(8-16)7-11(12)15/h4-5,7,9,13,17H,6H2,1-3H3. The smallest absolute Gasteiger partial charge is 0.328 e. The van der Waals surface area contributed by atoms with E-state index in [1.807, 2.05) is 13.8 Å². The van der Waals surface area contributed by atoms with Crippen LogP contribution in [0.1, 0.15) is 25.8 Å². The van der Waals surface area contributed by atoms with E-state index in [-0.39, 0.29) is 5.97 Å². The lowest BCUT2D eigenvalue weighted by Crippen LogP contribution is -2.32. The second-order valence-corrected chi connectivity index (χ2v) is 5.51. The molecular weight excluding hydrogens is 308 g/mol. The minimum absolute atomic E-state index is 0.287.